The fraction of sp³-hybridized carbons (Fsp3) is 0.333. The van der Waals surface area contributed by atoms with E-state index >= 15 is 0 Å². The summed E-state index contributed by atoms with van der Waals surface area (Å²) in [5.41, 5.74) is 1.22. The molecule has 1 aromatic carbocycles. The van der Waals surface area contributed by atoms with Gasteiger partial charge in [-0.2, -0.15) is 0 Å². The van der Waals surface area contributed by atoms with E-state index in [-0.39, 0.29) is 0 Å². The molecule has 0 fully saturated rings. The number of benzene rings is 1. The van der Waals surface area contributed by atoms with E-state index in [1.54, 1.807) is 12.1 Å². The van der Waals surface area contributed by atoms with Gasteiger partial charge in [0.2, 0.25) is 0 Å². The molecule has 1 atom stereocenters. The average molecular weight is 270 g/mol. The summed E-state index contributed by atoms with van der Waals surface area (Å²) in [5.74, 6) is 0.313. The third kappa shape index (κ3) is 5.00. The van der Waals surface area contributed by atoms with Crippen LogP contribution in [0.25, 0.3) is 0 Å². The molecule has 0 aromatic heterocycles. The van der Waals surface area contributed by atoms with E-state index in [0.717, 1.165) is 17.4 Å². The topological polar surface area (TPSA) is 32.3 Å². The zero-order chi connectivity index (χ0) is 11.3. The van der Waals surface area contributed by atoms with Crippen molar-refractivity contribution in [3.8, 4) is 5.75 Å². The summed E-state index contributed by atoms with van der Waals surface area (Å²) >= 11 is 3.31. The maximum absolute atomic E-state index is 9.13. The number of rotatable bonds is 5. The number of phenols is 1. The molecule has 0 amide bonds. The SMILES string of the molecule is C=C(Br)CNC(C)Cc1ccc(O)cc1. The van der Waals surface area contributed by atoms with Crippen LogP contribution >= 0.6 is 15.9 Å². The van der Waals surface area contributed by atoms with Gasteiger partial charge in [-0.25, -0.2) is 0 Å². The first kappa shape index (κ1) is 12.3. The second-order valence-electron chi connectivity index (χ2n) is 3.67. The highest BCUT2D eigenvalue weighted by atomic mass is 79.9. The molecule has 1 unspecified atom stereocenters. The van der Waals surface area contributed by atoms with Crippen LogP contribution in [0.3, 0.4) is 0 Å². The minimum Gasteiger partial charge on any atom is -0.508 e. The van der Waals surface area contributed by atoms with Gasteiger partial charge in [0.25, 0.3) is 0 Å². The van der Waals surface area contributed by atoms with Gasteiger partial charge < -0.3 is 10.4 Å². The number of aromatic hydroxyl groups is 1. The van der Waals surface area contributed by atoms with Crippen molar-refractivity contribution in [2.24, 2.45) is 0 Å². The molecule has 0 spiro atoms. The molecule has 2 nitrogen and oxygen atoms in total. The van der Waals surface area contributed by atoms with Gasteiger partial charge in [-0.15, -0.1) is 0 Å². The first-order valence-electron chi connectivity index (χ1n) is 4.92. The summed E-state index contributed by atoms with van der Waals surface area (Å²) in [6.45, 7) is 6.67. The van der Waals surface area contributed by atoms with E-state index in [4.69, 9.17) is 5.11 Å². The van der Waals surface area contributed by atoms with Gasteiger partial charge in [-0.3, -0.25) is 0 Å². The van der Waals surface area contributed by atoms with Crippen LogP contribution in [0.1, 0.15) is 12.5 Å². The lowest BCUT2D eigenvalue weighted by molar-refractivity contribution is 0.474. The molecule has 0 saturated heterocycles. The zero-order valence-corrected chi connectivity index (χ0v) is 10.4. The fourth-order valence-electron chi connectivity index (χ4n) is 1.34. The van der Waals surface area contributed by atoms with E-state index in [1.165, 1.54) is 5.56 Å². The molecule has 82 valence electrons. The molecular weight excluding hydrogens is 254 g/mol. The third-order valence-corrected chi connectivity index (χ3v) is 2.40. The second-order valence-corrected chi connectivity index (χ2v) is 4.79. The van der Waals surface area contributed by atoms with Crippen LogP contribution in [0.4, 0.5) is 0 Å². The zero-order valence-electron chi connectivity index (χ0n) is 8.83. The van der Waals surface area contributed by atoms with E-state index in [0.29, 0.717) is 11.8 Å². The standard InChI is InChI=1S/C12H16BrNO/c1-9(13)8-14-10(2)7-11-3-5-12(15)6-4-11/h3-6,10,14-15H,1,7-8H2,2H3. The second kappa shape index (κ2) is 5.93. The van der Waals surface area contributed by atoms with Crippen LogP contribution < -0.4 is 5.32 Å². The Balaban J connectivity index is 2.40. The Morgan fingerprint density at radius 1 is 1.47 bits per heavy atom. The van der Waals surface area contributed by atoms with Crippen LogP contribution in [0.5, 0.6) is 5.75 Å². The summed E-state index contributed by atoms with van der Waals surface area (Å²) in [4.78, 5) is 0. The summed E-state index contributed by atoms with van der Waals surface area (Å²) < 4.78 is 0.958. The Morgan fingerprint density at radius 2 is 2.07 bits per heavy atom. The van der Waals surface area contributed by atoms with Crippen molar-refractivity contribution in [2.45, 2.75) is 19.4 Å². The molecule has 15 heavy (non-hydrogen) atoms. The van der Waals surface area contributed by atoms with E-state index in [2.05, 4.69) is 34.7 Å². The molecule has 0 aliphatic carbocycles. The maximum Gasteiger partial charge on any atom is 0.115 e. The van der Waals surface area contributed by atoms with E-state index in [1.807, 2.05) is 12.1 Å². The van der Waals surface area contributed by atoms with Crippen molar-refractivity contribution in [2.75, 3.05) is 6.54 Å². The van der Waals surface area contributed by atoms with Crippen molar-refractivity contribution in [3.63, 3.8) is 0 Å². The lowest BCUT2D eigenvalue weighted by atomic mass is 10.1. The average Bonchev–Trinajstić information content (AvgIpc) is 2.19. The molecule has 0 heterocycles. The molecule has 0 bridgehead atoms. The summed E-state index contributed by atoms with van der Waals surface area (Å²) in [5, 5.41) is 12.5. The van der Waals surface area contributed by atoms with Crippen molar-refractivity contribution >= 4 is 15.9 Å². The van der Waals surface area contributed by atoms with Crippen LogP contribution in [0.2, 0.25) is 0 Å². The Labute approximate surface area is 99.1 Å². The predicted molar refractivity (Wildman–Crippen MR) is 67.3 cm³/mol. The molecule has 1 aromatic rings. The molecule has 3 heteroatoms. The van der Waals surface area contributed by atoms with Crippen molar-refractivity contribution in [1.29, 1.82) is 0 Å². The lowest BCUT2D eigenvalue weighted by Gasteiger charge is -2.13. The summed E-state index contributed by atoms with van der Waals surface area (Å²) in [6, 6.07) is 7.70. The molecule has 2 N–H and O–H groups in total. The Morgan fingerprint density at radius 3 is 2.60 bits per heavy atom. The highest BCUT2D eigenvalue weighted by molar-refractivity contribution is 9.11. The Hall–Kier alpha value is -0.800. The number of halogens is 1. The fourth-order valence-corrected chi connectivity index (χ4v) is 1.50. The van der Waals surface area contributed by atoms with Gasteiger partial charge in [0.1, 0.15) is 5.75 Å². The summed E-state index contributed by atoms with van der Waals surface area (Å²) in [7, 11) is 0. The van der Waals surface area contributed by atoms with Gasteiger partial charge in [-0.05, 0) is 31.0 Å². The van der Waals surface area contributed by atoms with Gasteiger partial charge in [-0.1, -0.05) is 34.6 Å². The monoisotopic (exact) mass is 269 g/mol. The highest BCUT2D eigenvalue weighted by Crippen LogP contribution is 2.11. The number of nitrogens with one attached hydrogen (secondary N) is 1. The summed E-state index contributed by atoms with van der Waals surface area (Å²) in [6.07, 6.45) is 0.945. The van der Waals surface area contributed by atoms with Crippen LogP contribution in [-0.4, -0.2) is 17.7 Å². The Bertz CT molecular complexity index is 321. The van der Waals surface area contributed by atoms with Gasteiger partial charge in [0, 0.05) is 17.1 Å². The predicted octanol–water partition coefficient (Wildman–Crippen LogP) is 2.82. The van der Waals surface area contributed by atoms with Gasteiger partial charge in [0.05, 0.1) is 0 Å². The third-order valence-electron chi connectivity index (χ3n) is 2.12. The highest BCUT2D eigenvalue weighted by Gasteiger charge is 2.02. The molecular formula is C12H16BrNO. The molecule has 0 radical (unpaired) electrons. The normalized spacial score (nSPS) is 12.4. The van der Waals surface area contributed by atoms with Crippen LogP contribution in [0, 0.1) is 0 Å². The maximum atomic E-state index is 9.13. The van der Waals surface area contributed by atoms with E-state index < -0.39 is 0 Å². The van der Waals surface area contributed by atoms with Gasteiger partial charge in [0.15, 0.2) is 0 Å². The minimum atomic E-state index is 0.313. The lowest BCUT2D eigenvalue weighted by Crippen LogP contribution is -2.28. The van der Waals surface area contributed by atoms with Crippen molar-refractivity contribution in [1.82, 2.24) is 5.32 Å². The number of phenolic OH excluding ortho intramolecular Hbond substituents is 1. The van der Waals surface area contributed by atoms with Crippen molar-refractivity contribution in [3.05, 3.63) is 40.9 Å². The molecule has 1 rings (SSSR count). The largest absolute Gasteiger partial charge is 0.508 e. The van der Waals surface area contributed by atoms with Crippen LogP contribution in [-0.2, 0) is 6.42 Å². The van der Waals surface area contributed by atoms with Crippen molar-refractivity contribution < 1.29 is 5.11 Å². The minimum absolute atomic E-state index is 0.313. The molecule has 0 aliphatic heterocycles. The number of hydrogen-bond donors (Lipinski definition) is 2. The first-order chi connectivity index (χ1) is 7.08. The number of hydrogen-bond acceptors (Lipinski definition) is 2. The Kier molecular flexibility index (Phi) is 4.85. The van der Waals surface area contributed by atoms with Crippen LogP contribution in [0.15, 0.2) is 35.3 Å². The molecule has 0 saturated carbocycles. The smallest absolute Gasteiger partial charge is 0.115 e. The first-order valence-corrected chi connectivity index (χ1v) is 5.72. The van der Waals surface area contributed by atoms with Gasteiger partial charge >= 0.3 is 0 Å². The quantitative estimate of drug-likeness (QED) is 0.862. The van der Waals surface area contributed by atoms with E-state index in [9.17, 15) is 0 Å². The molecule has 0 aliphatic rings.